The number of benzene rings is 2. The first-order chi connectivity index (χ1) is 21.3. The zero-order chi connectivity index (χ0) is 30.5. The van der Waals surface area contributed by atoms with Crippen molar-refractivity contribution in [3.05, 3.63) is 65.5 Å². The predicted octanol–water partition coefficient (Wildman–Crippen LogP) is 5.53. The average molecular weight is 631 g/mol. The number of carbonyl (C=O) groups is 1. The van der Waals surface area contributed by atoms with E-state index in [1.165, 1.54) is 16.2 Å². The molecule has 2 aromatic carbocycles. The number of nitrogens with zero attached hydrogens (tertiary/aromatic N) is 8. The third kappa shape index (κ3) is 4.97. The summed E-state index contributed by atoms with van der Waals surface area (Å²) in [6.45, 7) is 3.74. The molecule has 0 aliphatic carbocycles. The van der Waals surface area contributed by atoms with Crippen LogP contribution in [0.1, 0.15) is 11.4 Å². The maximum Gasteiger partial charge on any atom is 0.417 e. The number of hydrogen-bond acceptors (Lipinski definition) is 12. The number of aromatic nitrogens is 7. The summed E-state index contributed by atoms with van der Waals surface area (Å²) in [5.74, 6) is 2.44. The summed E-state index contributed by atoms with van der Waals surface area (Å²) in [7, 11) is 3.13. The smallest absolute Gasteiger partial charge is 0.417 e. The topological polar surface area (TPSA) is 140 Å². The largest absolute Gasteiger partial charge is 0.480 e. The molecule has 6 aromatic rings. The second-order valence-electron chi connectivity index (χ2n) is 9.89. The number of hydrogen-bond donors (Lipinski definition) is 0. The van der Waals surface area contributed by atoms with Gasteiger partial charge >= 0.3 is 6.09 Å². The van der Waals surface area contributed by atoms with Crippen molar-refractivity contribution in [2.45, 2.75) is 20.1 Å². The van der Waals surface area contributed by atoms with Gasteiger partial charge in [0.05, 0.1) is 41.2 Å². The van der Waals surface area contributed by atoms with Crippen molar-refractivity contribution in [2.24, 2.45) is 0 Å². The van der Waals surface area contributed by atoms with Crippen molar-refractivity contribution in [3.63, 3.8) is 0 Å². The normalized spacial score (nSPS) is 14.2. The molecule has 0 spiro atoms. The fourth-order valence-electron chi connectivity index (χ4n) is 4.70. The van der Waals surface area contributed by atoms with E-state index in [1.807, 2.05) is 19.1 Å². The quantitative estimate of drug-likeness (QED) is 0.237. The van der Waals surface area contributed by atoms with Crippen LogP contribution in [0.4, 0.5) is 10.5 Å². The highest BCUT2D eigenvalue weighted by Crippen LogP contribution is 2.47. The third-order valence-corrected chi connectivity index (χ3v) is 8.21. The van der Waals surface area contributed by atoms with Crippen LogP contribution in [0.2, 0.25) is 5.02 Å². The molecule has 1 aliphatic heterocycles. The monoisotopic (exact) mass is 630 g/mol. The van der Waals surface area contributed by atoms with Gasteiger partial charge in [-0.25, -0.2) is 34.4 Å². The zero-order valence-electron chi connectivity index (χ0n) is 23.8. The lowest BCUT2D eigenvalue weighted by molar-refractivity contribution is -0.0717. The molecule has 5 heterocycles. The van der Waals surface area contributed by atoms with Crippen LogP contribution >= 0.6 is 22.9 Å². The molecule has 1 amide bonds. The maximum atomic E-state index is 13.0. The molecular formula is C29H23ClN8O5S. The number of anilines is 1. The van der Waals surface area contributed by atoms with E-state index >= 15 is 0 Å². The van der Waals surface area contributed by atoms with E-state index in [-0.39, 0.29) is 6.61 Å². The van der Waals surface area contributed by atoms with Crippen molar-refractivity contribution in [1.29, 1.82) is 0 Å². The Morgan fingerprint density at radius 2 is 1.98 bits per heavy atom. The number of thiazole rings is 1. The lowest BCUT2D eigenvalue weighted by Crippen LogP contribution is -2.38. The van der Waals surface area contributed by atoms with Crippen molar-refractivity contribution < 1.29 is 23.7 Å². The summed E-state index contributed by atoms with van der Waals surface area (Å²) in [6.07, 6.45) is 3.03. The third-order valence-electron chi connectivity index (χ3n) is 6.84. The molecule has 4 aromatic heterocycles. The van der Waals surface area contributed by atoms with Gasteiger partial charge in [0.2, 0.25) is 5.88 Å². The molecule has 0 saturated carbocycles. The highest BCUT2D eigenvalue weighted by molar-refractivity contribution is 7.22. The molecule has 13 nitrogen and oxygen atoms in total. The average Bonchev–Trinajstić information content (AvgIpc) is 3.67. The fraction of sp³-hybridized carbons (Fsp3) is 0.207. The van der Waals surface area contributed by atoms with Crippen molar-refractivity contribution in [2.75, 3.05) is 25.7 Å². The van der Waals surface area contributed by atoms with Gasteiger partial charge in [-0.1, -0.05) is 11.6 Å². The first-order valence-corrected chi connectivity index (χ1v) is 14.5. The fourth-order valence-corrected chi connectivity index (χ4v) is 6.09. The molecule has 0 unspecified atom stereocenters. The number of fused-ring (bicyclic) bond motifs is 4. The number of pyridine rings is 1. The van der Waals surface area contributed by atoms with E-state index in [4.69, 9.17) is 35.5 Å². The number of amides is 1. The summed E-state index contributed by atoms with van der Waals surface area (Å²) in [6, 6.07) is 9.01. The van der Waals surface area contributed by atoms with Crippen molar-refractivity contribution in [1.82, 2.24) is 34.7 Å². The number of aryl methyl sites for hydroxylation is 2. The van der Waals surface area contributed by atoms with Crippen LogP contribution in [-0.4, -0.2) is 67.8 Å². The molecule has 0 bridgehead atoms. The highest BCUT2D eigenvalue weighted by Gasteiger charge is 2.30. The van der Waals surface area contributed by atoms with Crippen LogP contribution in [0.3, 0.4) is 0 Å². The Kier molecular flexibility index (Phi) is 6.86. The summed E-state index contributed by atoms with van der Waals surface area (Å²) in [5, 5.41) is 5.30. The summed E-state index contributed by atoms with van der Waals surface area (Å²) in [4.78, 5) is 36.6. The Hall–Kier alpha value is -5.08. The van der Waals surface area contributed by atoms with Crippen LogP contribution in [0.5, 0.6) is 17.4 Å². The van der Waals surface area contributed by atoms with E-state index in [1.54, 1.807) is 62.7 Å². The second kappa shape index (κ2) is 10.9. The van der Waals surface area contributed by atoms with Crippen LogP contribution in [0.25, 0.3) is 37.6 Å². The Morgan fingerprint density at radius 1 is 1.11 bits per heavy atom. The molecule has 0 N–H and O–H groups in total. The lowest BCUT2D eigenvalue weighted by Gasteiger charge is -2.28. The van der Waals surface area contributed by atoms with Gasteiger partial charge < -0.3 is 18.9 Å². The molecule has 1 atom stereocenters. The predicted molar refractivity (Wildman–Crippen MR) is 163 cm³/mol. The van der Waals surface area contributed by atoms with Gasteiger partial charge in [-0.2, -0.15) is 5.10 Å². The molecule has 0 saturated heterocycles. The van der Waals surface area contributed by atoms with Gasteiger partial charge in [-0.3, -0.25) is 4.90 Å². The summed E-state index contributed by atoms with van der Waals surface area (Å²) in [5.41, 5.74) is 4.27. The minimum atomic E-state index is -1.00. The van der Waals surface area contributed by atoms with E-state index in [2.05, 4.69) is 25.0 Å². The van der Waals surface area contributed by atoms with E-state index in [0.29, 0.717) is 66.0 Å². The van der Waals surface area contributed by atoms with Crippen LogP contribution in [0, 0.1) is 13.8 Å². The van der Waals surface area contributed by atoms with Gasteiger partial charge in [-0.05, 0) is 43.7 Å². The lowest BCUT2D eigenvalue weighted by atomic mass is 10.1. The van der Waals surface area contributed by atoms with Gasteiger partial charge in [-0.15, -0.1) is 11.3 Å². The second-order valence-corrected chi connectivity index (χ2v) is 11.3. The Balaban J connectivity index is 1.11. The summed E-state index contributed by atoms with van der Waals surface area (Å²) < 4.78 is 25.2. The van der Waals surface area contributed by atoms with E-state index in [0.717, 1.165) is 11.1 Å². The van der Waals surface area contributed by atoms with Crippen LogP contribution < -0.4 is 19.1 Å². The summed E-state index contributed by atoms with van der Waals surface area (Å²) >= 11 is 8.06. The Labute approximate surface area is 259 Å². The molecule has 15 heteroatoms. The number of rotatable bonds is 5. The molecule has 44 heavy (non-hydrogen) atoms. The van der Waals surface area contributed by atoms with Crippen LogP contribution in [-0.2, 0) is 4.74 Å². The molecule has 222 valence electrons. The molecular weight excluding hydrogens is 608 g/mol. The number of halogens is 1. The molecule has 0 radical (unpaired) electrons. The number of ether oxygens (including phenoxy) is 4. The van der Waals surface area contributed by atoms with Crippen LogP contribution in [0.15, 0.2) is 49.1 Å². The number of methoxy groups -OCH3 is 1. The minimum absolute atomic E-state index is 0.0297. The Bertz CT molecular complexity index is 2070. The zero-order valence-corrected chi connectivity index (χ0v) is 25.4. The van der Waals surface area contributed by atoms with Gasteiger partial charge in [0.1, 0.15) is 27.4 Å². The highest BCUT2D eigenvalue weighted by atomic mass is 35.5. The standard InChI is InChI=1S/C29H23ClN8O5S/c1-14-7-17(24-19(8-14)34-22(40-4)11-32-24)28-35-25-18(30)9-20-26(27(25)44-28)41-12-23(42-20)43-29(39)37(3)16-5-6-21(31-10-16)38-13-33-15(2)36-38/h5-11,13,23H,12H2,1-4H3/t23-/m1/s1. The van der Waals surface area contributed by atoms with E-state index < -0.39 is 12.4 Å². The first kappa shape index (κ1) is 27.7. The van der Waals surface area contributed by atoms with E-state index in [9.17, 15) is 4.79 Å². The van der Waals surface area contributed by atoms with Crippen molar-refractivity contribution in [3.8, 4) is 33.8 Å². The van der Waals surface area contributed by atoms with Gasteiger partial charge in [0.25, 0.3) is 6.29 Å². The van der Waals surface area contributed by atoms with Crippen molar-refractivity contribution >= 4 is 56.0 Å². The Morgan fingerprint density at radius 3 is 2.73 bits per heavy atom. The number of carbonyl (C=O) groups excluding carboxylic acids is 1. The first-order valence-electron chi connectivity index (χ1n) is 13.3. The molecule has 1 aliphatic rings. The SMILES string of the molecule is COc1cnc2c(-c3nc4c(Cl)cc5c(c4s3)OC[C@@H](OC(=O)N(C)c3ccc(-n4cnc(C)n4)nc3)O5)cc(C)cc2n1. The minimum Gasteiger partial charge on any atom is -0.480 e. The molecule has 7 rings (SSSR count). The van der Waals surface area contributed by atoms with Gasteiger partial charge in [0.15, 0.2) is 23.9 Å². The van der Waals surface area contributed by atoms with Gasteiger partial charge in [0, 0.05) is 18.7 Å². The molecule has 0 fully saturated rings. The maximum absolute atomic E-state index is 13.0.